The maximum Gasteiger partial charge on any atom is 0.222 e. The van der Waals surface area contributed by atoms with E-state index in [0.717, 1.165) is 60.7 Å². The number of likely N-dealkylation sites (tertiary alicyclic amines) is 1. The number of pyridine rings is 1. The van der Waals surface area contributed by atoms with Gasteiger partial charge in [0.1, 0.15) is 11.6 Å². The monoisotopic (exact) mass is 404 g/mol. The number of aromatic nitrogens is 3. The van der Waals surface area contributed by atoms with Crippen molar-refractivity contribution in [3.8, 4) is 17.1 Å². The molecule has 0 saturated carbocycles. The van der Waals surface area contributed by atoms with Crippen LogP contribution in [0.25, 0.3) is 11.4 Å². The smallest absolute Gasteiger partial charge is 0.222 e. The van der Waals surface area contributed by atoms with E-state index in [9.17, 15) is 4.79 Å². The fourth-order valence-corrected chi connectivity index (χ4v) is 4.22. The molecule has 1 unspecified atom stereocenters. The highest BCUT2D eigenvalue weighted by Crippen LogP contribution is 2.29. The Kier molecular flexibility index (Phi) is 6.12. The average molecular weight is 405 g/mol. The third kappa shape index (κ3) is 4.37. The fraction of sp³-hybridized carbons (Fsp3) is 0.375. The Morgan fingerprint density at radius 3 is 2.67 bits per heavy atom. The van der Waals surface area contributed by atoms with Crippen LogP contribution in [-0.2, 0) is 11.2 Å². The molecule has 6 nitrogen and oxygen atoms in total. The topological polar surface area (TPSA) is 60.2 Å². The van der Waals surface area contributed by atoms with Gasteiger partial charge in [-0.1, -0.05) is 12.1 Å². The zero-order chi connectivity index (χ0) is 20.9. The van der Waals surface area contributed by atoms with Crippen LogP contribution in [0.1, 0.15) is 36.6 Å². The summed E-state index contributed by atoms with van der Waals surface area (Å²) in [6.07, 6.45) is 8.83. The van der Waals surface area contributed by atoms with E-state index in [1.54, 1.807) is 19.5 Å². The molecule has 1 atom stereocenters. The third-order valence-corrected chi connectivity index (χ3v) is 5.82. The van der Waals surface area contributed by atoms with Crippen molar-refractivity contribution >= 4 is 5.91 Å². The second kappa shape index (κ2) is 9.11. The summed E-state index contributed by atoms with van der Waals surface area (Å²) in [5.41, 5.74) is 3.34. The van der Waals surface area contributed by atoms with Gasteiger partial charge in [-0.2, -0.15) is 0 Å². The number of rotatable bonds is 6. The number of ether oxygens (including phenoxy) is 1. The molecule has 0 spiro atoms. The van der Waals surface area contributed by atoms with Crippen LogP contribution in [0.5, 0.6) is 5.75 Å². The summed E-state index contributed by atoms with van der Waals surface area (Å²) >= 11 is 0. The van der Waals surface area contributed by atoms with Crippen LogP contribution in [0.15, 0.2) is 55.0 Å². The molecule has 1 aliphatic rings. The molecule has 1 aromatic carbocycles. The van der Waals surface area contributed by atoms with Crippen molar-refractivity contribution < 1.29 is 9.53 Å². The average Bonchev–Trinajstić information content (AvgIpc) is 3.20. The quantitative estimate of drug-likeness (QED) is 0.622. The summed E-state index contributed by atoms with van der Waals surface area (Å²) in [7, 11) is 1.66. The lowest BCUT2D eigenvalue weighted by Crippen LogP contribution is -2.41. The predicted octanol–water partition coefficient (Wildman–Crippen LogP) is 4.06. The zero-order valence-corrected chi connectivity index (χ0v) is 17.6. The van der Waals surface area contributed by atoms with Crippen molar-refractivity contribution in [1.29, 1.82) is 0 Å². The first-order chi connectivity index (χ1) is 14.7. The number of hydrogen-bond acceptors (Lipinski definition) is 4. The number of imidazole rings is 1. The number of nitrogens with zero attached hydrogens (tertiary/aromatic N) is 4. The van der Waals surface area contributed by atoms with Crippen molar-refractivity contribution in [3.63, 3.8) is 0 Å². The molecule has 3 aromatic rings. The second-order valence-electron chi connectivity index (χ2n) is 7.81. The lowest BCUT2D eigenvalue weighted by atomic mass is 10.0. The SMILES string of the molecule is COc1ccc(CCC(=O)N2CCCC(n3c(C)cnc3-c3ccncc3)C2)cc1. The van der Waals surface area contributed by atoms with Gasteiger partial charge in [0, 0.05) is 49.4 Å². The van der Waals surface area contributed by atoms with E-state index in [-0.39, 0.29) is 11.9 Å². The summed E-state index contributed by atoms with van der Waals surface area (Å²) in [5.74, 6) is 2.01. The first kappa shape index (κ1) is 20.1. The standard InChI is InChI=1S/C24H28N4O2/c1-18-16-26-24(20-11-13-25-14-12-20)28(18)21-4-3-15-27(17-21)23(29)10-7-19-5-8-22(30-2)9-6-19/h5-6,8-9,11-14,16,21H,3-4,7,10,15,17H2,1-2H3. The highest BCUT2D eigenvalue weighted by Gasteiger charge is 2.27. The van der Waals surface area contributed by atoms with E-state index >= 15 is 0 Å². The molecular weight excluding hydrogens is 376 g/mol. The molecule has 1 saturated heterocycles. The molecule has 30 heavy (non-hydrogen) atoms. The van der Waals surface area contributed by atoms with E-state index in [2.05, 4.69) is 21.5 Å². The van der Waals surface area contributed by atoms with Crippen molar-refractivity contribution in [2.45, 2.75) is 38.6 Å². The van der Waals surface area contributed by atoms with E-state index in [0.29, 0.717) is 6.42 Å². The maximum absolute atomic E-state index is 12.9. The highest BCUT2D eigenvalue weighted by molar-refractivity contribution is 5.76. The van der Waals surface area contributed by atoms with Gasteiger partial charge in [-0.15, -0.1) is 0 Å². The highest BCUT2D eigenvalue weighted by atomic mass is 16.5. The lowest BCUT2D eigenvalue weighted by molar-refractivity contribution is -0.132. The number of methoxy groups -OCH3 is 1. The van der Waals surface area contributed by atoms with Crippen molar-refractivity contribution in [1.82, 2.24) is 19.4 Å². The Labute approximate surface area is 177 Å². The van der Waals surface area contributed by atoms with Crippen molar-refractivity contribution in [2.24, 2.45) is 0 Å². The maximum atomic E-state index is 12.9. The minimum Gasteiger partial charge on any atom is -0.497 e. The van der Waals surface area contributed by atoms with Crippen molar-refractivity contribution in [2.75, 3.05) is 20.2 Å². The molecule has 0 aliphatic carbocycles. The van der Waals surface area contributed by atoms with E-state index in [1.807, 2.05) is 47.5 Å². The lowest BCUT2D eigenvalue weighted by Gasteiger charge is -2.35. The predicted molar refractivity (Wildman–Crippen MR) is 116 cm³/mol. The van der Waals surface area contributed by atoms with Gasteiger partial charge in [0.25, 0.3) is 0 Å². The Bertz CT molecular complexity index is 982. The van der Waals surface area contributed by atoms with Gasteiger partial charge < -0.3 is 14.2 Å². The van der Waals surface area contributed by atoms with Crippen LogP contribution < -0.4 is 4.74 Å². The summed E-state index contributed by atoms with van der Waals surface area (Å²) in [6, 6.07) is 12.2. The van der Waals surface area contributed by atoms with Crippen LogP contribution in [0, 0.1) is 6.92 Å². The van der Waals surface area contributed by atoms with Crippen LogP contribution in [0.3, 0.4) is 0 Å². The Balaban J connectivity index is 1.43. The van der Waals surface area contributed by atoms with Crippen LogP contribution >= 0.6 is 0 Å². The first-order valence-electron chi connectivity index (χ1n) is 10.5. The van der Waals surface area contributed by atoms with Crippen LogP contribution in [0.4, 0.5) is 0 Å². The molecule has 4 rings (SSSR count). The van der Waals surface area contributed by atoms with Gasteiger partial charge in [0.2, 0.25) is 5.91 Å². The third-order valence-electron chi connectivity index (χ3n) is 5.82. The largest absolute Gasteiger partial charge is 0.497 e. The minimum atomic E-state index is 0.221. The van der Waals surface area contributed by atoms with E-state index < -0.39 is 0 Å². The van der Waals surface area contributed by atoms with Gasteiger partial charge in [-0.05, 0) is 56.0 Å². The number of aryl methyl sites for hydroxylation is 2. The van der Waals surface area contributed by atoms with Crippen LogP contribution in [0.2, 0.25) is 0 Å². The minimum absolute atomic E-state index is 0.221. The zero-order valence-electron chi connectivity index (χ0n) is 17.6. The summed E-state index contributed by atoms with van der Waals surface area (Å²) < 4.78 is 7.49. The number of benzene rings is 1. The molecule has 0 radical (unpaired) electrons. The number of amides is 1. The number of carbonyl (C=O) groups is 1. The van der Waals surface area contributed by atoms with Gasteiger partial charge in [-0.25, -0.2) is 4.98 Å². The molecule has 1 amide bonds. The first-order valence-corrected chi connectivity index (χ1v) is 10.5. The fourth-order valence-electron chi connectivity index (χ4n) is 4.22. The van der Waals surface area contributed by atoms with Gasteiger partial charge in [-0.3, -0.25) is 9.78 Å². The molecule has 156 valence electrons. The Morgan fingerprint density at radius 1 is 1.17 bits per heavy atom. The summed E-state index contributed by atoms with van der Waals surface area (Å²) in [4.78, 5) is 23.7. The van der Waals surface area contributed by atoms with Gasteiger partial charge in [0.15, 0.2) is 0 Å². The van der Waals surface area contributed by atoms with E-state index in [1.165, 1.54) is 0 Å². The molecule has 0 N–H and O–H groups in total. The number of hydrogen-bond donors (Lipinski definition) is 0. The van der Waals surface area contributed by atoms with Gasteiger partial charge >= 0.3 is 0 Å². The summed E-state index contributed by atoms with van der Waals surface area (Å²) in [6.45, 7) is 3.65. The Hall–Kier alpha value is -3.15. The molecule has 1 fully saturated rings. The second-order valence-corrected chi connectivity index (χ2v) is 7.81. The number of piperidine rings is 1. The molecule has 6 heteroatoms. The Morgan fingerprint density at radius 2 is 1.93 bits per heavy atom. The van der Waals surface area contributed by atoms with E-state index in [4.69, 9.17) is 4.74 Å². The van der Waals surface area contributed by atoms with Crippen LogP contribution in [-0.4, -0.2) is 45.5 Å². The van der Waals surface area contributed by atoms with Gasteiger partial charge in [0.05, 0.1) is 13.2 Å². The van der Waals surface area contributed by atoms with Crippen molar-refractivity contribution in [3.05, 3.63) is 66.2 Å². The molecule has 1 aliphatic heterocycles. The number of carbonyl (C=O) groups excluding carboxylic acids is 1. The molecule has 0 bridgehead atoms. The molecule has 3 heterocycles. The summed E-state index contributed by atoms with van der Waals surface area (Å²) in [5, 5.41) is 0. The normalized spacial score (nSPS) is 16.5. The molecule has 2 aromatic heterocycles. The molecular formula is C24H28N4O2.